The number of ether oxygens (including phenoxy) is 2. The highest BCUT2D eigenvalue weighted by Crippen LogP contribution is 2.08. The number of carbonyl (C=O) groups is 2. The molecule has 0 radical (unpaired) electrons. The summed E-state index contributed by atoms with van der Waals surface area (Å²) in [5.41, 5.74) is 6.72. The molecular weight excluding hydrogens is 262 g/mol. The molecule has 0 spiro atoms. The number of pyridine rings is 1. The lowest BCUT2D eigenvalue weighted by atomic mass is 10.1. The van der Waals surface area contributed by atoms with Gasteiger partial charge in [-0.3, -0.25) is 9.59 Å². The SMILES string of the molecule is COc1ccc(C[C@H](N)C(=O)N(C)CCOC=O)cn1. The largest absolute Gasteiger partial charge is 0.481 e. The van der Waals surface area contributed by atoms with Gasteiger partial charge in [-0.15, -0.1) is 0 Å². The lowest BCUT2D eigenvalue weighted by Gasteiger charge is -2.20. The first-order chi connectivity index (χ1) is 9.58. The summed E-state index contributed by atoms with van der Waals surface area (Å²) in [7, 11) is 3.15. The third kappa shape index (κ3) is 4.85. The van der Waals surface area contributed by atoms with Gasteiger partial charge in [0.2, 0.25) is 11.8 Å². The minimum atomic E-state index is -0.661. The molecule has 0 aromatic carbocycles. The van der Waals surface area contributed by atoms with Gasteiger partial charge < -0.3 is 20.1 Å². The molecule has 1 amide bonds. The number of amides is 1. The van der Waals surface area contributed by atoms with Crippen molar-refractivity contribution in [3.63, 3.8) is 0 Å². The number of nitrogens with two attached hydrogens (primary N) is 1. The number of aromatic nitrogens is 1. The fourth-order valence-electron chi connectivity index (χ4n) is 1.62. The van der Waals surface area contributed by atoms with Crippen molar-refractivity contribution in [1.29, 1.82) is 0 Å². The van der Waals surface area contributed by atoms with Gasteiger partial charge in [0, 0.05) is 19.3 Å². The number of rotatable bonds is 8. The van der Waals surface area contributed by atoms with Crippen LogP contribution < -0.4 is 10.5 Å². The predicted octanol–water partition coefficient (Wildman–Crippen LogP) is -0.409. The first-order valence-electron chi connectivity index (χ1n) is 6.13. The van der Waals surface area contributed by atoms with Gasteiger partial charge in [0.1, 0.15) is 6.61 Å². The lowest BCUT2D eigenvalue weighted by Crippen LogP contribution is -2.44. The molecule has 1 aromatic rings. The zero-order valence-corrected chi connectivity index (χ0v) is 11.6. The summed E-state index contributed by atoms with van der Waals surface area (Å²) in [5, 5.41) is 0. The van der Waals surface area contributed by atoms with Crippen LogP contribution in [-0.4, -0.2) is 55.6 Å². The molecule has 0 aliphatic heterocycles. The monoisotopic (exact) mass is 281 g/mol. The first-order valence-corrected chi connectivity index (χ1v) is 6.13. The van der Waals surface area contributed by atoms with Crippen molar-refractivity contribution in [2.75, 3.05) is 27.3 Å². The molecule has 1 rings (SSSR count). The zero-order chi connectivity index (χ0) is 15.0. The van der Waals surface area contributed by atoms with Gasteiger partial charge in [-0.25, -0.2) is 4.98 Å². The van der Waals surface area contributed by atoms with Gasteiger partial charge in [0.15, 0.2) is 0 Å². The van der Waals surface area contributed by atoms with Crippen LogP contribution in [0.4, 0.5) is 0 Å². The van der Waals surface area contributed by atoms with Gasteiger partial charge in [-0.1, -0.05) is 6.07 Å². The topological polar surface area (TPSA) is 94.8 Å². The normalized spacial score (nSPS) is 11.6. The third-order valence-electron chi connectivity index (χ3n) is 2.77. The summed E-state index contributed by atoms with van der Waals surface area (Å²) < 4.78 is 9.49. The van der Waals surface area contributed by atoms with E-state index in [2.05, 4.69) is 9.72 Å². The van der Waals surface area contributed by atoms with Gasteiger partial charge in [-0.05, 0) is 12.0 Å². The molecular formula is C13H19N3O4. The molecule has 0 bridgehead atoms. The highest BCUT2D eigenvalue weighted by molar-refractivity contribution is 5.81. The average molecular weight is 281 g/mol. The Morgan fingerprint density at radius 1 is 1.55 bits per heavy atom. The van der Waals surface area contributed by atoms with E-state index in [-0.39, 0.29) is 12.5 Å². The fourth-order valence-corrected chi connectivity index (χ4v) is 1.62. The molecule has 110 valence electrons. The number of nitrogens with zero attached hydrogens (tertiary/aromatic N) is 2. The zero-order valence-electron chi connectivity index (χ0n) is 11.6. The van der Waals surface area contributed by atoms with Crippen LogP contribution in [0.15, 0.2) is 18.3 Å². The molecule has 1 heterocycles. The van der Waals surface area contributed by atoms with Crippen LogP contribution >= 0.6 is 0 Å². The van der Waals surface area contributed by atoms with Crippen LogP contribution in [0.5, 0.6) is 5.88 Å². The highest BCUT2D eigenvalue weighted by Gasteiger charge is 2.18. The standard InChI is InChI=1S/C13H19N3O4/c1-16(5-6-20-9-17)13(18)11(14)7-10-3-4-12(19-2)15-8-10/h3-4,8-9,11H,5-7,14H2,1-2H3/t11-/m0/s1. The van der Waals surface area contributed by atoms with Crippen molar-refractivity contribution in [3.8, 4) is 5.88 Å². The molecule has 1 aromatic heterocycles. The number of carbonyl (C=O) groups excluding carboxylic acids is 2. The Morgan fingerprint density at radius 3 is 2.85 bits per heavy atom. The van der Waals surface area contributed by atoms with Crippen molar-refractivity contribution >= 4 is 12.4 Å². The minimum absolute atomic E-state index is 0.155. The number of likely N-dealkylation sites (N-methyl/N-ethyl adjacent to an activating group) is 1. The van der Waals surface area contributed by atoms with E-state index >= 15 is 0 Å². The van der Waals surface area contributed by atoms with E-state index in [9.17, 15) is 9.59 Å². The van der Waals surface area contributed by atoms with E-state index in [1.54, 1.807) is 19.3 Å². The van der Waals surface area contributed by atoms with Gasteiger partial charge >= 0.3 is 0 Å². The van der Waals surface area contributed by atoms with Crippen molar-refractivity contribution in [2.45, 2.75) is 12.5 Å². The van der Waals surface area contributed by atoms with Gasteiger partial charge in [0.05, 0.1) is 19.7 Å². The maximum atomic E-state index is 12.0. The molecule has 0 saturated heterocycles. The van der Waals surface area contributed by atoms with E-state index < -0.39 is 6.04 Å². The molecule has 0 aliphatic rings. The Kier molecular flexibility index (Phi) is 6.45. The van der Waals surface area contributed by atoms with Crippen molar-refractivity contribution < 1.29 is 19.1 Å². The maximum absolute atomic E-state index is 12.0. The molecule has 0 unspecified atom stereocenters. The second kappa shape index (κ2) is 8.11. The number of methoxy groups -OCH3 is 1. The van der Waals surface area contributed by atoms with Crippen molar-refractivity contribution in [3.05, 3.63) is 23.9 Å². The van der Waals surface area contributed by atoms with Gasteiger partial charge in [0.25, 0.3) is 6.47 Å². The predicted molar refractivity (Wildman–Crippen MR) is 72.1 cm³/mol. The summed E-state index contributed by atoms with van der Waals surface area (Å²) in [6.45, 7) is 0.815. The Balaban J connectivity index is 2.49. The Bertz CT molecular complexity index is 436. The first kappa shape index (κ1) is 15.9. The quantitative estimate of drug-likeness (QED) is 0.514. The van der Waals surface area contributed by atoms with Crippen LogP contribution in [-0.2, 0) is 20.7 Å². The molecule has 0 aliphatic carbocycles. The molecule has 7 nitrogen and oxygen atoms in total. The Labute approximate surface area is 117 Å². The van der Waals surface area contributed by atoms with E-state index in [0.717, 1.165) is 5.56 Å². The molecule has 0 saturated carbocycles. The second-order valence-corrected chi connectivity index (χ2v) is 4.25. The van der Waals surface area contributed by atoms with E-state index in [0.29, 0.717) is 25.3 Å². The summed E-state index contributed by atoms with van der Waals surface area (Å²) in [6.07, 6.45) is 2.01. The van der Waals surface area contributed by atoms with E-state index in [1.165, 1.54) is 12.0 Å². The van der Waals surface area contributed by atoms with Crippen LogP contribution in [0.2, 0.25) is 0 Å². The summed E-state index contributed by atoms with van der Waals surface area (Å²) >= 11 is 0. The Morgan fingerprint density at radius 2 is 2.30 bits per heavy atom. The summed E-state index contributed by atoms with van der Waals surface area (Å²) in [4.78, 5) is 27.5. The van der Waals surface area contributed by atoms with Crippen LogP contribution in [0.3, 0.4) is 0 Å². The van der Waals surface area contributed by atoms with Crippen molar-refractivity contribution in [1.82, 2.24) is 9.88 Å². The van der Waals surface area contributed by atoms with Crippen LogP contribution in [0.25, 0.3) is 0 Å². The van der Waals surface area contributed by atoms with Crippen LogP contribution in [0.1, 0.15) is 5.56 Å². The molecule has 2 N–H and O–H groups in total. The molecule has 7 heteroatoms. The highest BCUT2D eigenvalue weighted by atomic mass is 16.5. The smallest absolute Gasteiger partial charge is 0.293 e. The maximum Gasteiger partial charge on any atom is 0.293 e. The lowest BCUT2D eigenvalue weighted by molar-refractivity contribution is -0.135. The third-order valence-corrected chi connectivity index (χ3v) is 2.77. The summed E-state index contributed by atoms with van der Waals surface area (Å²) in [5.74, 6) is 0.298. The average Bonchev–Trinajstić information content (AvgIpc) is 2.47. The molecule has 1 atom stereocenters. The van der Waals surface area contributed by atoms with Crippen molar-refractivity contribution in [2.24, 2.45) is 5.73 Å². The number of hydrogen-bond acceptors (Lipinski definition) is 6. The molecule has 0 fully saturated rings. The Hall–Kier alpha value is -2.15. The van der Waals surface area contributed by atoms with E-state index in [4.69, 9.17) is 10.5 Å². The number of hydrogen-bond donors (Lipinski definition) is 1. The summed E-state index contributed by atoms with van der Waals surface area (Å²) in [6, 6.07) is 2.87. The fraction of sp³-hybridized carbons (Fsp3) is 0.462. The van der Waals surface area contributed by atoms with Crippen LogP contribution in [0, 0.1) is 0 Å². The second-order valence-electron chi connectivity index (χ2n) is 4.25. The van der Waals surface area contributed by atoms with E-state index in [1.807, 2.05) is 6.07 Å². The van der Waals surface area contributed by atoms with Gasteiger partial charge in [-0.2, -0.15) is 0 Å². The molecule has 20 heavy (non-hydrogen) atoms. The minimum Gasteiger partial charge on any atom is -0.481 e.